The first kappa shape index (κ1) is 7.53. The minimum absolute atomic E-state index is 0.287. The summed E-state index contributed by atoms with van der Waals surface area (Å²) in [5, 5.41) is 0.438. The summed E-state index contributed by atoms with van der Waals surface area (Å²) in [5.41, 5.74) is 0.782. The van der Waals surface area contributed by atoms with Gasteiger partial charge in [-0.3, -0.25) is 4.84 Å². The smallest absolute Gasteiger partial charge is 0.152 e. The number of halogens is 1. The van der Waals surface area contributed by atoms with Crippen LogP contribution in [-0.2, 0) is 18.5 Å². The summed E-state index contributed by atoms with van der Waals surface area (Å²) in [6.45, 7) is 0.287. The zero-order valence-corrected chi connectivity index (χ0v) is 6.30. The van der Waals surface area contributed by atoms with Crippen LogP contribution in [0.2, 0.25) is 5.15 Å². The number of hydrogen-bond acceptors (Lipinski definition) is 3. The molecule has 1 heterocycles. The van der Waals surface area contributed by atoms with E-state index in [1.165, 1.54) is 0 Å². The van der Waals surface area contributed by atoms with Gasteiger partial charge in [0.2, 0.25) is 0 Å². The molecule has 1 rings (SSSR count). The van der Waals surface area contributed by atoms with Crippen molar-refractivity contribution in [3.63, 3.8) is 0 Å². The van der Waals surface area contributed by atoms with Gasteiger partial charge in [0.1, 0.15) is 6.61 Å². The largest absolute Gasteiger partial charge is 0.334 e. The van der Waals surface area contributed by atoms with Gasteiger partial charge in [0.15, 0.2) is 5.15 Å². The second-order valence-electron chi connectivity index (χ2n) is 1.90. The second-order valence-corrected chi connectivity index (χ2v) is 2.26. The molecule has 0 radical (unpaired) electrons. The highest BCUT2D eigenvalue weighted by Gasteiger charge is 2.04. The van der Waals surface area contributed by atoms with E-state index >= 15 is 0 Å². The van der Waals surface area contributed by atoms with Crippen LogP contribution in [0, 0.1) is 0 Å². The molecule has 0 aliphatic carbocycles. The standard InChI is InChI=1S/C5H8ClN3O/c1-9-3-8-5(6)4(9)2-10-7/h3H,2,7H2,1H3. The van der Waals surface area contributed by atoms with Crippen LogP contribution >= 0.6 is 11.6 Å². The van der Waals surface area contributed by atoms with Gasteiger partial charge in [0.25, 0.3) is 0 Å². The van der Waals surface area contributed by atoms with E-state index in [1.807, 2.05) is 7.05 Å². The molecule has 0 saturated heterocycles. The Kier molecular flexibility index (Phi) is 2.26. The predicted molar refractivity (Wildman–Crippen MR) is 37.2 cm³/mol. The van der Waals surface area contributed by atoms with E-state index in [0.29, 0.717) is 5.15 Å². The van der Waals surface area contributed by atoms with Gasteiger partial charge >= 0.3 is 0 Å². The maximum atomic E-state index is 5.66. The molecular weight excluding hydrogens is 154 g/mol. The summed E-state index contributed by atoms with van der Waals surface area (Å²) in [5.74, 6) is 4.86. The molecule has 0 aliphatic rings. The molecule has 0 fully saturated rings. The molecule has 0 atom stereocenters. The van der Waals surface area contributed by atoms with Crippen molar-refractivity contribution in [1.82, 2.24) is 9.55 Å². The first-order valence-electron chi connectivity index (χ1n) is 2.73. The van der Waals surface area contributed by atoms with Crippen LogP contribution in [0.25, 0.3) is 0 Å². The van der Waals surface area contributed by atoms with E-state index in [1.54, 1.807) is 10.9 Å². The fourth-order valence-corrected chi connectivity index (χ4v) is 0.899. The van der Waals surface area contributed by atoms with Crippen LogP contribution < -0.4 is 5.90 Å². The van der Waals surface area contributed by atoms with Crippen molar-refractivity contribution in [2.45, 2.75) is 6.61 Å². The molecule has 1 aromatic rings. The van der Waals surface area contributed by atoms with Gasteiger partial charge in [0.05, 0.1) is 12.0 Å². The summed E-state index contributed by atoms with van der Waals surface area (Å²) >= 11 is 5.66. The molecule has 2 N–H and O–H groups in total. The van der Waals surface area contributed by atoms with Gasteiger partial charge < -0.3 is 4.57 Å². The first-order chi connectivity index (χ1) is 4.75. The van der Waals surface area contributed by atoms with Crippen LogP contribution in [0.1, 0.15) is 5.69 Å². The monoisotopic (exact) mass is 161 g/mol. The Morgan fingerprint density at radius 1 is 1.90 bits per heavy atom. The van der Waals surface area contributed by atoms with Crippen LogP contribution in [0.3, 0.4) is 0 Å². The molecule has 10 heavy (non-hydrogen) atoms. The summed E-state index contributed by atoms with van der Waals surface area (Å²) in [4.78, 5) is 8.23. The molecule has 0 amide bonds. The molecule has 0 saturated carbocycles. The van der Waals surface area contributed by atoms with E-state index in [4.69, 9.17) is 17.5 Å². The highest BCUT2D eigenvalue weighted by atomic mass is 35.5. The van der Waals surface area contributed by atoms with Crippen molar-refractivity contribution in [2.24, 2.45) is 12.9 Å². The average Bonchev–Trinajstić information content (AvgIpc) is 2.20. The number of hydrogen-bond donors (Lipinski definition) is 1. The third kappa shape index (κ3) is 1.29. The Hall–Kier alpha value is -0.580. The molecule has 1 aromatic heterocycles. The van der Waals surface area contributed by atoms with E-state index < -0.39 is 0 Å². The van der Waals surface area contributed by atoms with Crippen LogP contribution in [-0.4, -0.2) is 9.55 Å². The summed E-state index contributed by atoms with van der Waals surface area (Å²) < 4.78 is 1.76. The van der Waals surface area contributed by atoms with Crippen molar-refractivity contribution < 1.29 is 4.84 Å². The van der Waals surface area contributed by atoms with Gasteiger partial charge in [-0.15, -0.1) is 0 Å². The van der Waals surface area contributed by atoms with Crippen molar-refractivity contribution in [2.75, 3.05) is 0 Å². The Morgan fingerprint density at radius 3 is 3.00 bits per heavy atom. The maximum absolute atomic E-state index is 5.66. The van der Waals surface area contributed by atoms with Crippen molar-refractivity contribution in [1.29, 1.82) is 0 Å². The third-order valence-electron chi connectivity index (χ3n) is 1.23. The van der Waals surface area contributed by atoms with Crippen molar-refractivity contribution in [3.05, 3.63) is 17.2 Å². The lowest BCUT2D eigenvalue weighted by atomic mass is 10.5. The van der Waals surface area contributed by atoms with Crippen molar-refractivity contribution in [3.8, 4) is 0 Å². The summed E-state index contributed by atoms with van der Waals surface area (Å²) in [6.07, 6.45) is 1.61. The van der Waals surface area contributed by atoms with E-state index in [2.05, 4.69) is 9.82 Å². The SMILES string of the molecule is Cn1cnc(Cl)c1CON. The number of rotatable bonds is 2. The molecule has 0 bridgehead atoms. The number of nitrogens with zero attached hydrogens (tertiary/aromatic N) is 2. The van der Waals surface area contributed by atoms with Gasteiger partial charge in [-0.1, -0.05) is 11.6 Å². The number of nitrogens with two attached hydrogens (primary N) is 1. The second kappa shape index (κ2) is 3.01. The van der Waals surface area contributed by atoms with Crippen LogP contribution in [0.4, 0.5) is 0 Å². The van der Waals surface area contributed by atoms with Gasteiger partial charge in [-0.2, -0.15) is 0 Å². The minimum Gasteiger partial charge on any atom is -0.334 e. The molecule has 0 spiro atoms. The number of imidazole rings is 1. The fraction of sp³-hybridized carbons (Fsp3) is 0.400. The lowest BCUT2D eigenvalue weighted by Gasteiger charge is -1.98. The quantitative estimate of drug-likeness (QED) is 0.642. The molecule has 56 valence electrons. The minimum atomic E-state index is 0.287. The Bertz CT molecular complexity index is 203. The highest BCUT2D eigenvalue weighted by molar-refractivity contribution is 6.30. The maximum Gasteiger partial charge on any atom is 0.152 e. The predicted octanol–water partition coefficient (Wildman–Crippen LogP) is 0.464. The van der Waals surface area contributed by atoms with Crippen LogP contribution in [0.5, 0.6) is 0 Å². The summed E-state index contributed by atoms with van der Waals surface area (Å²) in [6, 6.07) is 0. The van der Waals surface area contributed by atoms with Gasteiger partial charge in [-0.05, 0) is 0 Å². The summed E-state index contributed by atoms with van der Waals surface area (Å²) in [7, 11) is 1.83. The first-order valence-corrected chi connectivity index (χ1v) is 3.11. The van der Waals surface area contributed by atoms with Gasteiger partial charge in [-0.25, -0.2) is 10.9 Å². The lowest BCUT2D eigenvalue weighted by Crippen LogP contribution is -2.03. The third-order valence-corrected chi connectivity index (χ3v) is 1.54. The van der Waals surface area contributed by atoms with Gasteiger partial charge in [0, 0.05) is 7.05 Å². The zero-order chi connectivity index (χ0) is 7.56. The van der Waals surface area contributed by atoms with Crippen LogP contribution in [0.15, 0.2) is 6.33 Å². The number of aryl methyl sites for hydroxylation is 1. The Balaban J connectivity index is 2.87. The number of aromatic nitrogens is 2. The topological polar surface area (TPSA) is 53.1 Å². The highest BCUT2D eigenvalue weighted by Crippen LogP contribution is 2.12. The molecule has 0 aromatic carbocycles. The van der Waals surface area contributed by atoms with Crippen molar-refractivity contribution >= 4 is 11.6 Å². The molecule has 0 unspecified atom stereocenters. The molecule has 5 heteroatoms. The Labute approximate surface area is 63.5 Å². The van der Waals surface area contributed by atoms with E-state index in [9.17, 15) is 0 Å². The average molecular weight is 162 g/mol. The van der Waals surface area contributed by atoms with E-state index in [0.717, 1.165) is 5.69 Å². The molecular formula is C5H8ClN3O. The normalized spacial score (nSPS) is 10.3. The molecule has 4 nitrogen and oxygen atoms in total. The zero-order valence-electron chi connectivity index (χ0n) is 5.54. The lowest BCUT2D eigenvalue weighted by molar-refractivity contribution is 0.119. The fourth-order valence-electron chi connectivity index (χ4n) is 0.667. The van der Waals surface area contributed by atoms with E-state index in [-0.39, 0.29) is 6.61 Å². The molecule has 0 aliphatic heterocycles. The Morgan fingerprint density at radius 2 is 2.60 bits per heavy atom.